The minimum absolute atomic E-state index is 0.455. The summed E-state index contributed by atoms with van der Waals surface area (Å²) < 4.78 is 10.9. The second-order valence-corrected chi connectivity index (χ2v) is 4.56. The quantitative estimate of drug-likeness (QED) is 0.864. The zero-order valence-corrected chi connectivity index (χ0v) is 11.5. The standard InChI is InChI=1S/C14H19N3O2/c1-10(2)15-9-8-13-16-17-14(19-13)11-6-4-5-7-12(11)18-3/h4-7,10,15H,8-9H2,1-3H3. The molecule has 0 fully saturated rings. The van der Waals surface area contributed by atoms with Crippen molar-refractivity contribution >= 4 is 0 Å². The van der Waals surface area contributed by atoms with E-state index in [4.69, 9.17) is 9.15 Å². The van der Waals surface area contributed by atoms with Crippen molar-refractivity contribution in [2.75, 3.05) is 13.7 Å². The molecule has 0 amide bonds. The van der Waals surface area contributed by atoms with Crippen molar-refractivity contribution in [3.8, 4) is 17.2 Å². The molecule has 5 nitrogen and oxygen atoms in total. The van der Waals surface area contributed by atoms with E-state index in [-0.39, 0.29) is 0 Å². The van der Waals surface area contributed by atoms with Gasteiger partial charge in [-0.15, -0.1) is 10.2 Å². The van der Waals surface area contributed by atoms with E-state index in [9.17, 15) is 0 Å². The number of hydrogen-bond acceptors (Lipinski definition) is 5. The highest BCUT2D eigenvalue weighted by molar-refractivity contribution is 5.62. The predicted octanol–water partition coefficient (Wildman–Crippen LogP) is 2.29. The first kappa shape index (κ1) is 13.5. The van der Waals surface area contributed by atoms with Gasteiger partial charge in [0.2, 0.25) is 5.89 Å². The fraction of sp³-hybridized carbons (Fsp3) is 0.429. The minimum atomic E-state index is 0.455. The number of para-hydroxylation sites is 1. The third-order valence-electron chi connectivity index (χ3n) is 2.70. The third kappa shape index (κ3) is 3.54. The number of benzene rings is 1. The Kier molecular flexibility index (Phi) is 4.52. The summed E-state index contributed by atoms with van der Waals surface area (Å²) in [5.74, 6) is 1.86. The van der Waals surface area contributed by atoms with Gasteiger partial charge in [-0.1, -0.05) is 26.0 Å². The maximum atomic E-state index is 5.65. The van der Waals surface area contributed by atoms with Gasteiger partial charge in [0.25, 0.3) is 5.89 Å². The number of aromatic nitrogens is 2. The van der Waals surface area contributed by atoms with E-state index >= 15 is 0 Å². The van der Waals surface area contributed by atoms with Crippen molar-refractivity contribution in [1.82, 2.24) is 15.5 Å². The van der Waals surface area contributed by atoms with Crippen LogP contribution in [0, 0.1) is 0 Å². The third-order valence-corrected chi connectivity index (χ3v) is 2.70. The first-order valence-corrected chi connectivity index (χ1v) is 6.40. The van der Waals surface area contributed by atoms with E-state index in [1.165, 1.54) is 0 Å². The summed E-state index contributed by atoms with van der Waals surface area (Å²) >= 11 is 0. The summed E-state index contributed by atoms with van der Waals surface area (Å²) in [6, 6.07) is 8.06. The number of ether oxygens (including phenoxy) is 1. The SMILES string of the molecule is COc1ccccc1-c1nnc(CCNC(C)C)o1. The van der Waals surface area contributed by atoms with Crippen molar-refractivity contribution in [3.05, 3.63) is 30.2 Å². The molecule has 102 valence electrons. The van der Waals surface area contributed by atoms with Crippen molar-refractivity contribution in [3.63, 3.8) is 0 Å². The Morgan fingerprint density at radius 3 is 2.79 bits per heavy atom. The summed E-state index contributed by atoms with van der Waals surface area (Å²) in [5.41, 5.74) is 0.820. The molecule has 0 aliphatic heterocycles. The fourth-order valence-corrected chi connectivity index (χ4v) is 1.75. The number of nitrogens with one attached hydrogen (secondary N) is 1. The van der Waals surface area contributed by atoms with Crippen LogP contribution in [0.1, 0.15) is 19.7 Å². The molecule has 2 rings (SSSR count). The zero-order valence-electron chi connectivity index (χ0n) is 11.5. The van der Waals surface area contributed by atoms with Crippen LogP contribution in [0.3, 0.4) is 0 Å². The van der Waals surface area contributed by atoms with E-state index in [1.54, 1.807) is 7.11 Å². The highest BCUT2D eigenvalue weighted by atomic mass is 16.5. The fourth-order valence-electron chi connectivity index (χ4n) is 1.75. The van der Waals surface area contributed by atoms with Gasteiger partial charge in [-0.2, -0.15) is 0 Å². The van der Waals surface area contributed by atoms with Crippen LogP contribution in [0.15, 0.2) is 28.7 Å². The van der Waals surface area contributed by atoms with Gasteiger partial charge in [-0.25, -0.2) is 0 Å². The minimum Gasteiger partial charge on any atom is -0.496 e. The molecule has 1 aromatic heterocycles. The molecule has 1 heterocycles. The van der Waals surface area contributed by atoms with Gasteiger partial charge in [0, 0.05) is 19.0 Å². The average Bonchev–Trinajstić information content (AvgIpc) is 2.87. The van der Waals surface area contributed by atoms with Gasteiger partial charge in [0.1, 0.15) is 5.75 Å². The van der Waals surface area contributed by atoms with Crippen molar-refractivity contribution < 1.29 is 9.15 Å². The topological polar surface area (TPSA) is 60.2 Å². The lowest BCUT2D eigenvalue weighted by Gasteiger charge is -2.05. The monoisotopic (exact) mass is 261 g/mol. The number of methoxy groups -OCH3 is 1. The predicted molar refractivity (Wildman–Crippen MR) is 73.1 cm³/mol. The van der Waals surface area contributed by atoms with Gasteiger partial charge < -0.3 is 14.5 Å². The van der Waals surface area contributed by atoms with E-state index < -0.39 is 0 Å². The molecule has 0 saturated heterocycles. The van der Waals surface area contributed by atoms with E-state index in [1.807, 2.05) is 24.3 Å². The van der Waals surface area contributed by atoms with Crippen LogP contribution in [0.4, 0.5) is 0 Å². The molecule has 5 heteroatoms. The smallest absolute Gasteiger partial charge is 0.251 e. The van der Waals surface area contributed by atoms with Crippen LogP contribution >= 0.6 is 0 Å². The lowest BCUT2D eigenvalue weighted by atomic mass is 10.2. The molecule has 0 atom stereocenters. The molecule has 1 aromatic carbocycles. The Morgan fingerprint density at radius 2 is 2.05 bits per heavy atom. The molecule has 0 spiro atoms. The highest BCUT2D eigenvalue weighted by Crippen LogP contribution is 2.28. The molecule has 0 bridgehead atoms. The summed E-state index contributed by atoms with van der Waals surface area (Å²) in [7, 11) is 1.63. The van der Waals surface area contributed by atoms with Crippen molar-refractivity contribution in [2.45, 2.75) is 26.3 Å². The molecule has 0 saturated carbocycles. The van der Waals surface area contributed by atoms with E-state index in [0.717, 1.165) is 24.3 Å². The highest BCUT2D eigenvalue weighted by Gasteiger charge is 2.12. The Hall–Kier alpha value is -1.88. The molecule has 0 radical (unpaired) electrons. The van der Waals surface area contributed by atoms with Gasteiger partial charge in [-0.05, 0) is 12.1 Å². The van der Waals surface area contributed by atoms with Crippen LogP contribution in [-0.4, -0.2) is 29.9 Å². The van der Waals surface area contributed by atoms with Gasteiger partial charge in [0.05, 0.1) is 12.7 Å². The summed E-state index contributed by atoms with van der Waals surface area (Å²) in [4.78, 5) is 0. The second kappa shape index (κ2) is 6.33. The molecular formula is C14H19N3O2. The number of rotatable bonds is 6. The van der Waals surface area contributed by atoms with E-state index in [0.29, 0.717) is 17.8 Å². The normalized spacial score (nSPS) is 10.9. The summed E-state index contributed by atoms with van der Waals surface area (Å²) in [6.07, 6.45) is 0.723. The lowest BCUT2D eigenvalue weighted by Crippen LogP contribution is -2.25. The van der Waals surface area contributed by atoms with Gasteiger partial charge in [0.15, 0.2) is 0 Å². The molecular weight excluding hydrogens is 242 g/mol. The lowest BCUT2D eigenvalue weighted by molar-refractivity contribution is 0.413. The Labute approximate surface area is 113 Å². The maximum Gasteiger partial charge on any atom is 0.251 e. The van der Waals surface area contributed by atoms with Crippen LogP contribution in [0.2, 0.25) is 0 Å². The van der Waals surface area contributed by atoms with Crippen LogP contribution in [0.5, 0.6) is 5.75 Å². The van der Waals surface area contributed by atoms with Gasteiger partial charge in [-0.3, -0.25) is 0 Å². The zero-order chi connectivity index (χ0) is 13.7. The molecule has 0 aliphatic carbocycles. The summed E-state index contributed by atoms with van der Waals surface area (Å²) in [6.45, 7) is 5.04. The number of nitrogens with zero attached hydrogens (tertiary/aromatic N) is 2. The van der Waals surface area contributed by atoms with Crippen LogP contribution in [-0.2, 0) is 6.42 Å². The molecule has 0 aliphatic rings. The van der Waals surface area contributed by atoms with Crippen molar-refractivity contribution in [2.24, 2.45) is 0 Å². The Bertz CT molecular complexity index is 523. The molecule has 19 heavy (non-hydrogen) atoms. The Balaban J connectivity index is 2.08. The summed E-state index contributed by atoms with van der Waals surface area (Å²) in [5, 5.41) is 11.4. The van der Waals surface area contributed by atoms with Crippen molar-refractivity contribution in [1.29, 1.82) is 0 Å². The molecule has 2 aromatic rings. The number of hydrogen-bond donors (Lipinski definition) is 1. The van der Waals surface area contributed by atoms with E-state index in [2.05, 4.69) is 29.4 Å². The molecule has 0 unspecified atom stereocenters. The first-order chi connectivity index (χ1) is 9.20. The van der Waals surface area contributed by atoms with Gasteiger partial charge >= 0.3 is 0 Å². The average molecular weight is 261 g/mol. The largest absolute Gasteiger partial charge is 0.496 e. The maximum absolute atomic E-state index is 5.65. The second-order valence-electron chi connectivity index (χ2n) is 4.56. The van der Waals surface area contributed by atoms with Crippen LogP contribution < -0.4 is 10.1 Å². The van der Waals surface area contributed by atoms with Crippen LogP contribution in [0.25, 0.3) is 11.5 Å². The first-order valence-electron chi connectivity index (χ1n) is 6.40. The molecule has 1 N–H and O–H groups in total. The Morgan fingerprint density at radius 1 is 1.26 bits per heavy atom.